The monoisotopic (exact) mass is 325 g/mol. The van der Waals surface area contributed by atoms with Gasteiger partial charge in [-0.2, -0.15) is 0 Å². The number of fused-ring (bicyclic) bond motifs is 1. The molecule has 1 N–H and O–H groups in total. The quantitative estimate of drug-likeness (QED) is 0.796. The van der Waals surface area contributed by atoms with Crippen molar-refractivity contribution in [2.24, 2.45) is 0 Å². The van der Waals surface area contributed by atoms with E-state index in [1.807, 2.05) is 20.8 Å². The van der Waals surface area contributed by atoms with Gasteiger partial charge in [-0.3, -0.25) is 0 Å². The van der Waals surface area contributed by atoms with Crippen molar-refractivity contribution >= 4 is 17.7 Å². The first-order valence-electron chi connectivity index (χ1n) is 7.32. The van der Waals surface area contributed by atoms with Crippen LogP contribution in [0.15, 0.2) is 18.2 Å². The second-order valence-electron chi connectivity index (χ2n) is 7.02. The van der Waals surface area contributed by atoms with E-state index in [4.69, 9.17) is 21.1 Å². The summed E-state index contributed by atoms with van der Waals surface area (Å²) in [5.74, 6) is 0.631. The number of amides is 1. The van der Waals surface area contributed by atoms with Crippen molar-refractivity contribution in [3.8, 4) is 5.75 Å². The lowest BCUT2D eigenvalue weighted by Gasteiger charge is -2.52. The summed E-state index contributed by atoms with van der Waals surface area (Å²) in [7, 11) is 0. The van der Waals surface area contributed by atoms with Gasteiger partial charge in [0.1, 0.15) is 17.0 Å². The Balaban J connectivity index is 1.69. The Morgan fingerprint density at radius 3 is 2.77 bits per heavy atom. The summed E-state index contributed by atoms with van der Waals surface area (Å²) in [6, 6.07) is 5.22. The molecule has 6 heteroatoms. The van der Waals surface area contributed by atoms with Crippen LogP contribution in [0.3, 0.4) is 0 Å². The van der Waals surface area contributed by atoms with Crippen molar-refractivity contribution in [3.63, 3.8) is 0 Å². The van der Waals surface area contributed by atoms with Crippen molar-refractivity contribution in [1.29, 1.82) is 0 Å². The molecule has 0 saturated carbocycles. The van der Waals surface area contributed by atoms with Crippen LogP contribution < -0.4 is 4.74 Å². The van der Waals surface area contributed by atoms with Crippen molar-refractivity contribution in [1.82, 2.24) is 4.90 Å². The number of aliphatic hydroxyl groups is 1. The zero-order valence-corrected chi connectivity index (χ0v) is 13.7. The van der Waals surface area contributed by atoms with Crippen LogP contribution in [0.4, 0.5) is 4.79 Å². The van der Waals surface area contributed by atoms with Gasteiger partial charge in [-0.1, -0.05) is 11.6 Å². The van der Waals surface area contributed by atoms with Gasteiger partial charge >= 0.3 is 6.09 Å². The first kappa shape index (κ1) is 15.4. The Bertz CT molecular complexity index is 605. The molecule has 2 aliphatic rings. The molecule has 2 aliphatic heterocycles. The highest BCUT2D eigenvalue weighted by atomic mass is 35.5. The van der Waals surface area contributed by atoms with Gasteiger partial charge in [0.05, 0.1) is 19.2 Å². The molecule has 0 aromatic heterocycles. The van der Waals surface area contributed by atoms with Gasteiger partial charge in [0.15, 0.2) is 0 Å². The molecule has 1 atom stereocenters. The maximum atomic E-state index is 12.0. The Labute approximate surface area is 134 Å². The fourth-order valence-corrected chi connectivity index (χ4v) is 3.09. The van der Waals surface area contributed by atoms with E-state index >= 15 is 0 Å². The summed E-state index contributed by atoms with van der Waals surface area (Å²) in [6.07, 6.45) is -0.541. The largest absolute Gasteiger partial charge is 0.483 e. The minimum absolute atomic E-state index is 0.349. The molecule has 0 aliphatic carbocycles. The minimum Gasteiger partial charge on any atom is -0.483 e. The number of halogens is 1. The lowest BCUT2D eigenvalue weighted by Crippen LogP contribution is -2.68. The first-order valence-corrected chi connectivity index (χ1v) is 7.70. The van der Waals surface area contributed by atoms with Gasteiger partial charge < -0.3 is 19.5 Å². The third kappa shape index (κ3) is 2.88. The zero-order chi connectivity index (χ0) is 16.1. The minimum atomic E-state index is -0.636. The second-order valence-corrected chi connectivity index (χ2v) is 7.46. The van der Waals surface area contributed by atoms with Crippen LogP contribution in [-0.4, -0.2) is 40.4 Å². The molecule has 120 valence electrons. The van der Waals surface area contributed by atoms with Crippen molar-refractivity contribution < 1.29 is 19.4 Å². The number of hydrogen-bond acceptors (Lipinski definition) is 4. The molecule has 0 bridgehead atoms. The maximum Gasteiger partial charge on any atom is 0.410 e. The van der Waals surface area contributed by atoms with E-state index in [1.165, 1.54) is 0 Å². The third-order valence-corrected chi connectivity index (χ3v) is 4.07. The van der Waals surface area contributed by atoms with Gasteiger partial charge in [-0.15, -0.1) is 0 Å². The molecule has 1 saturated heterocycles. The van der Waals surface area contributed by atoms with Crippen LogP contribution in [0.2, 0.25) is 5.02 Å². The maximum absolute atomic E-state index is 12.0. The fraction of sp³-hybridized carbons (Fsp3) is 0.562. The number of rotatable bonds is 0. The Hall–Kier alpha value is -1.46. The Morgan fingerprint density at radius 2 is 2.14 bits per heavy atom. The molecule has 1 fully saturated rings. The van der Waals surface area contributed by atoms with Gasteiger partial charge in [-0.05, 0) is 39.0 Å². The van der Waals surface area contributed by atoms with E-state index in [9.17, 15) is 9.90 Å². The van der Waals surface area contributed by atoms with Crippen LogP contribution in [-0.2, 0) is 4.74 Å². The van der Waals surface area contributed by atoms with Crippen molar-refractivity contribution in [3.05, 3.63) is 28.8 Å². The Morgan fingerprint density at radius 1 is 1.45 bits per heavy atom. The van der Waals surface area contributed by atoms with E-state index < -0.39 is 17.3 Å². The van der Waals surface area contributed by atoms with Crippen molar-refractivity contribution in [2.45, 2.75) is 44.5 Å². The fourth-order valence-electron chi connectivity index (χ4n) is 2.91. The molecular weight excluding hydrogens is 306 g/mol. The summed E-state index contributed by atoms with van der Waals surface area (Å²) in [5.41, 5.74) is -0.346. The number of ether oxygens (including phenoxy) is 2. The average Bonchev–Trinajstić information content (AvgIpc) is 2.34. The molecule has 3 rings (SSSR count). The SMILES string of the molecule is CC(C)(C)OC(=O)N1CC2(C[C@H](O)c3cc(Cl)ccc3O2)C1. The molecule has 22 heavy (non-hydrogen) atoms. The molecule has 2 heterocycles. The first-order chi connectivity index (χ1) is 10.2. The molecule has 0 unspecified atom stereocenters. The molecule has 5 nitrogen and oxygen atoms in total. The highest BCUT2D eigenvalue weighted by Crippen LogP contribution is 2.44. The summed E-state index contributed by atoms with van der Waals surface area (Å²) >= 11 is 5.95. The predicted molar refractivity (Wildman–Crippen MR) is 82.2 cm³/mol. The predicted octanol–water partition coefficient (Wildman–Crippen LogP) is 3.15. The molecule has 0 radical (unpaired) electrons. The number of likely N-dealkylation sites (tertiary alicyclic amines) is 1. The normalized spacial score (nSPS) is 22.6. The van der Waals surface area contributed by atoms with Crippen LogP contribution in [0.5, 0.6) is 5.75 Å². The molecule has 1 aromatic carbocycles. The van der Waals surface area contributed by atoms with Crippen LogP contribution >= 0.6 is 11.6 Å². The molecule has 1 aromatic rings. The number of nitrogens with zero attached hydrogens (tertiary/aromatic N) is 1. The second kappa shape index (κ2) is 5.03. The summed E-state index contributed by atoms with van der Waals surface area (Å²) in [6.45, 7) is 6.34. The smallest absolute Gasteiger partial charge is 0.410 e. The van der Waals surface area contributed by atoms with Crippen LogP contribution in [0.25, 0.3) is 0 Å². The number of carbonyl (C=O) groups is 1. The lowest BCUT2D eigenvalue weighted by atomic mass is 9.83. The number of carbonyl (C=O) groups excluding carboxylic acids is 1. The highest BCUT2D eigenvalue weighted by Gasteiger charge is 2.52. The van der Waals surface area contributed by atoms with Gasteiger partial charge in [-0.25, -0.2) is 4.79 Å². The average molecular weight is 326 g/mol. The zero-order valence-electron chi connectivity index (χ0n) is 12.9. The van der Waals surface area contributed by atoms with Gasteiger partial charge in [0, 0.05) is 17.0 Å². The number of benzene rings is 1. The molecule has 1 amide bonds. The molecular formula is C16H20ClNO4. The number of hydrogen-bond donors (Lipinski definition) is 1. The summed E-state index contributed by atoms with van der Waals surface area (Å²) < 4.78 is 11.4. The van der Waals surface area contributed by atoms with E-state index in [0.717, 1.165) is 0 Å². The van der Waals surface area contributed by atoms with Crippen LogP contribution in [0.1, 0.15) is 38.9 Å². The van der Waals surface area contributed by atoms with Gasteiger partial charge in [0.25, 0.3) is 0 Å². The van der Waals surface area contributed by atoms with E-state index in [1.54, 1.807) is 23.1 Å². The summed E-state index contributed by atoms with van der Waals surface area (Å²) in [5, 5.41) is 10.9. The summed E-state index contributed by atoms with van der Waals surface area (Å²) in [4.78, 5) is 13.6. The number of aliphatic hydroxyl groups excluding tert-OH is 1. The Kier molecular flexibility index (Phi) is 3.53. The highest BCUT2D eigenvalue weighted by molar-refractivity contribution is 6.30. The third-order valence-electron chi connectivity index (χ3n) is 3.83. The standard InChI is InChI=1S/C16H20ClNO4/c1-15(2,3)22-14(20)18-8-16(9-18)7-12(19)11-6-10(17)4-5-13(11)21-16/h4-6,12,19H,7-9H2,1-3H3/t12-/m0/s1. The topological polar surface area (TPSA) is 59.0 Å². The van der Waals surface area contributed by atoms with E-state index in [0.29, 0.717) is 35.8 Å². The van der Waals surface area contributed by atoms with Gasteiger partial charge in [0.2, 0.25) is 0 Å². The lowest BCUT2D eigenvalue weighted by molar-refractivity contribution is -0.114. The molecule has 1 spiro atoms. The van der Waals surface area contributed by atoms with Crippen LogP contribution in [0, 0.1) is 0 Å². The van der Waals surface area contributed by atoms with E-state index in [-0.39, 0.29) is 6.09 Å². The van der Waals surface area contributed by atoms with E-state index in [2.05, 4.69) is 0 Å². The van der Waals surface area contributed by atoms with Crippen molar-refractivity contribution in [2.75, 3.05) is 13.1 Å².